The number of ether oxygens (including phenoxy) is 1. The number of likely N-dealkylation sites (N-methyl/N-ethyl adjacent to an activating group) is 1. The van der Waals surface area contributed by atoms with Gasteiger partial charge in [0.25, 0.3) is 0 Å². The lowest BCUT2D eigenvalue weighted by atomic mass is 10.2. The van der Waals surface area contributed by atoms with Gasteiger partial charge < -0.3 is 20.3 Å². The van der Waals surface area contributed by atoms with Crippen molar-refractivity contribution in [1.29, 1.82) is 0 Å². The number of anilines is 2. The third kappa shape index (κ3) is 2.82. The van der Waals surface area contributed by atoms with Crippen LogP contribution in [0.3, 0.4) is 0 Å². The summed E-state index contributed by atoms with van der Waals surface area (Å²) in [4.78, 5) is 4.69. The zero-order valence-corrected chi connectivity index (χ0v) is 10.6. The van der Waals surface area contributed by atoms with Gasteiger partial charge in [0.2, 0.25) is 0 Å². The van der Waals surface area contributed by atoms with Crippen LogP contribution in [0.25, 0.3) is 0 Å². The number of hydrogen-bond acceptors (Lipinski definition) is 4. The molecule has 0 spiro atoms. The summed E-state index contributed by atoms with van der Waals surface area (Å²) in [7, 11) is 2.15. The van der Waals surface area contributed by atoms with E-state index in [4.69, 9.17) is 10.5 Å². The zero-order valence-electron chi connectivity index (χ0n) is 10.6. The molecule has 1 aromatic rings. The highest BCUT2D eigenvalue weighted by atomic mass is 16.5. The minimum Gasteiger partial charge on any atom is -0.492 e. The summed E-state index contributed by atoms with van der Waals surface area (Å²) in [6.07, 6.45) is 0. The van der Waals surface area contributed by atoms with Crippen LogP contribution in [0.4, 0.5) is 11.4 Å². The molecular weight excluding hydrogens is 214 g/mol. The molecule has 0 amide bonds. The number of nitrogens with zero attached hydrogens (tertiary/aromatic N) is 2. The van der Waals surface area contributed by atoms with Gasteiger partial charge in [-0.25, -0.2) is 0 Å². The fourth-order valence-corrected chi connectivity index (χ4v) is 2.11. The topological polar surface area (TPSA) is 41.7 Å². The highest BCUT2D eigenvalue weighted by Crippen LogP contribution is 2.31. The maximum atomic E-state index is 5.86. The van der Waals surface area contributed by atoms with Crippen molar-refractivity contribution < 1.29 is 4.74 Å². The first kappa shape index (κ1) is 12.0. The van der Waals surface area contributed by atoms with Gasteiger partial charge in [-0.3, -0.25) is 0 Å². The van der Waals surface area contributed by atoms with Crippen LogP contribution >= 0.6 is 0 Å². The van der Waals surface area contributed by atoms with Crippen molar-refractivity contribution >= 4 is 11.4 Å². The number of rotatable bonds is 3. The number of nitrogen functional groups attached to an aromatic ring is 1. The average molecular weight is 235 g/mol. The van der Waals surface area contributed by atoms with Crippen LogP contribution in [-0.4, -0.2) is 44.7 Å². The molecule has 0 unspecified atom stereocenters. The zero-order chi connectivity index (χ0) is 12.3. The lowest BCUT2D eigenvalue weighted by molar-refractivity contribution is 0.307. The molecule has 0 aromatic heterocycles. The van der Waals surface area contributed by atoms with E-state index in [1.807, 2.05) is 25.1 Å². The average Bonchev–Trinajstić information content (AvgIpc) is 2.33. The van der Waals surface area contributed by atoms with E-state index in [0.717, 1.165) is 43.3 Å². The standard InChI is InChI=1S/C13H21N3O/c1-3-17-13-5-4-11(14)10-12(13)16-8-6-15(2)7-9-16/h4-5,10H,3,6-9,14H2,1-2H3. The quantitative estimate of drug-likeness (QED) is 0.805. The van der Waals surface area contributed by atoms with Crippen molar-refractivity contribution in [3.05, 3.63) is 18.2 Å². The molecule has 1 fully saturated rings. The Hall–Kier alpha value is -1.42. The molecule has 4 nitrogen and oxygen atoms in total. The van der Waals surface area contributed by atoms with Gasteiger partial charge in [-0.15, -0.1) is 0 Å². The summed E-state index contributed by atoms with van der Waals surface area (Å²) >= 11 is 0. The van der Waals surface area contributed by atoms with Gasteiger partial charge in [-0.2, -0.15) is 0 Å². The Morgan fingerprint density at radius 1 is 1.24 bits per heavy atom. The van der Waals surface area contributed by atoms with Crippen molar-refractivity contribution in [1.82, 2.24) is 4.90 Å². The van der Waals surface area contributed by atoms with Gasteiger partial charge >= 0.3 is 0 Å². The van der Waals surface area contributed by atoms with Crippen LogP contribution in [0, 0.1) is 0 Å². The first-order chi connectivity index (χ1) is 8.20. The molecule has 0 bridgehead atoms. The number of piperazine rings is 1. The first-order valence-corrected chi connectivity index (χ1v) is 6.16. The Bertz CT molecular complexity index is 373. The summed E-state index contributed by atoms with van der Waals surface area (Å²) in [5, 5.41) is 0. The largest absolute Gasteiger partial charge is 0.492 e. The Morgan fingerprint density at radius 2 is 1.94 bits per heavy atom. The maximum Gasteiger partial charge on any atom is 0.142 e. The SMILES string of the molecule is CCOc1ccc(N)cc1N1CCN(C)CC1. The van der Waals surface area contributed by atoms with Crippen molar-refractivity contribution in [2.75, 3.05) is 50.5 Å². The molecule has 0 saturated carbocycles. The van der Waals surface area contributed by atoms with Crippen LogP contribution in [-0.2, 0) is 0 Å². The summed E-state index contributed by atoms with van der Waals surface area (Å²) < 4.78 is 5.66. The Morgan fingerprint density at radius 3 is 2.59 bits per heavy atom. The molecule has 4 heteroatoms. The second-order valence-corrected chi connectivity index (χ2v) is 4.45. The molecule has 1 saturated heterocycles. The third-order valence-corrected chi connectivity index (χ3v) is 3.13. The van der Waals surface area contributed by atoms with Crippen molar-refractivity contribution in [2.24, 2.45) is 0 Å². The number of hydrogen-bond donors (Lipinski definition) is 1. The summed E-state index contributed by atoms with van der Waals surface area (Å²) in [5.41, 5.74) is 7.78. The van der Waals surface area contributed by atoms with Gasteiger partial charge in [-0.1, -0.05) is 0 Å². The molecule has 1 heterocycles. The van der Waals surface area contributed by atoms with Gasteiger partial charge in [0.05, 0.1) is 12.3 Å². The van der Waals surface area contributed by atoms with E-state index in [-0.39, 0.29) is 0 Å². The second kappa shape index (κ2) is 5.27. The van der Waals surface area contributed by atoms with Gasteiger partial charge in [0.1, 0.15) is 5.75 Å². The normalized spacial score (nSPS) is 17.2. The van der Waals surface area contributed by atoms with E-state index in [1.54, 1.807) is 0 Å². The predicted molar refractivity (Wildman–Crippen MR) is 71.7 cm³/mol. The smallest absolute Gasteiger partial charge is 0.142 e. The minimum absolute atomic E-state index is 0.685. The molecular formula is C13H21N3O. The minimum atomic E-state index is 0.685. The van der Waals surface area contributed by atoms with Crippen LogP contribution in [0.1, 0.15) is 6.92 Å². The first-order valence-electron chi connectivity index (χ1n) is 6.16. The molecule has 0 radical (unpaired) electrons. The Kier molecular flexibility index (Phi) is 3.74. The monoisotopic (exact) mass is 235 g/mol. The highest BCUT2D eigenvalue weighted by molar-refractivity contribution is 5.65. The van der Waals surface area contributed by atoms with Gasteiger partial charge in [0.15, 0.2) is 0 Å². The number of benzene rings is 1. The van der Waals surface area contributed by atoms with Crippen LogP contribution < -0.4 is 15.4 Å². The summed E-state index contributed by atoms with van der Waals surface area (Å²) in [6, 6.07) is 5.87. The molecule has 1 aliphatic heterocycles. The lowest BCUT2D eigenvalue weighted by Gasteiger charge is -2.35. The molecule has 0 aliphatic carbocycles. The van der Waals surface area contributed by atoms with Crippen molar-refractivity contribution in [3.8, 4) is 5.75 Å². The van der Waals surface area contributed by atoms with Crippen LogP contribution in [0.2, 0.25) is 0 Å². The van der Waals surface area contributed by atoms with Crippen LogP contribution in [0.5, 0.6) is 5.75 Å². The summed E-state index contributed by atoms with van der Waals surface area (Å²) in [6.45, 7) is 6.91. The number of nitrogens with two attached hydrogens (primary N) is 1. The van der Waals surface area contributed by atoms with Gasteiger partial charge in [0, 0.05) is 31.9 Å². The van der Waals surface area contributed by atoms with E-state index >= 15 is 0 Å². The Balaban J connectivity index is 2.20. The molecule has 1 aromatic carbocycles. The fourth-order valence-electron chi connectivity index (χ4n) is 2.11. The molecule has 2 rings (SSSR count). The third-order valence-electron chi connectivity index (χ3n) is 3.13. The highest BCUT2D eigenvalue weighted by Gasteiger charge is 2.17. The molecule has 94 valence electrons. The van der Waals surface area contributed by atoms with Crippen molar-refractivity contribution in [2.45, 2.75) is 6.92 Å². The van der Waals surface area contributed by atoms with E-state index in [0.29, 0.717) is 6.61 Å². The van der Waals surface area contributed by atoms with Gasteiger partial charge in [-0.05, 0) is 32.2 Å². The molecule has 1 aliphatic rings. The molecule has 0 atom stereocenters. The molecule has 2 N–H and O–H groups in total. The van der Waals surface area contributed by atoms with E-state index in [1.165, 1.54) is 0 Å². The predicted octanol–water partition coefficient (Wildman–Crippen LogP) is 1.42. The van der Waals surface area contributed by atoms with E-state index < -0.39 is 0 Å². The van der Waals surface area contributed by atoms with Crippen LogP contribution in [0.15, 0.2) is 18.2 Å². The maximum absolute atomic E-state index is 5.86. The lowest BCUT2D eigenvalue weighted by Crippen LogP contribution is -2.44. The Labute approximate surface area is 103 Å². The van der Waals surface area contributed by atoms with Crippen molar-refractivity contribution in [3.63, 3.8) is 0 Å². The van der Waals surface area contributed by atoms with E-state index in [2.05, 4.69) is 16.8 Å². The molecule has 17 heavy (non-hydrogen) atoms. The summed E-state index contributed by atoms with van der Waals surface area (Å²) in [5.74, 6) is 0.936. The fraction of sp³-hybridized carbons (Fsp3) is 0.538. The van der Waals surface area contributed by atoms with E-state index in [9.17, 15) is 0 Å². The second-order valence-electron chi connectivity index (χ2n) is 4.45.